The summed E-state index contributed by atoms with van der Waals surface area (Å²) in [5, 5.41) is 7.29. The highest BCUT2D eigenvalue weighted by Gasteiger charge is 2.07. The Morgan fingerprint density at radius 2 is 1.91 bits per heavy atom. The number of aromatic nitrogens is 2. The van der Waals surface area contributed by atoms with Gasteiger partial charge in [0.05, 0.1) is 28.5 Å². The molecule has 3 rings (SSSR count). The van der Waals surface area contributed by atoms with E-state index >= 15 is 0 Å². The third-order valence-electron chi connectivity index (χ3n) is 3.08. The van der Waals surface area contributed by atoms with Crippen molar-refractivity contribution in [3.05, 3.63) is 64.3 Å². The maximum Gasteiger partial charge on any atom is 0.136 e. The second-order valence-electron chi connectivity index (χ2n) is 4.84. The van der Waals surface area contributed by atoms with E-state index in [9.17, 15) is 0 Å². The van der Waals surface area contributed by atoms with Gasteiger partial charge in [0.2, 0.25) is 0 Å². The Kier molecular flexibility index (Phi) is 4.69. The van der Waals surface area contributed by atoms with Crippen LogP contribution in [0.15, 0.2) is 47.1 Å². The Morgan fingerprint density at radius 1 is 1.09 bits per heavy atom. The van der Waals surface area contributed by atoms with E-state index in [0.29, 0.717) is 39.7 Å². The van der Waals surface area contributed by atoms with E-state index < -0.39 is 0 Å². The molecule has 0 bridgehead atoms. The number of benzene rings is 1. The normalized spacial score (nSPS) is 10.6. The lowest BCUT2D eigenvalue weighted by Crippen LogP contribution is -2.04. The van der Waals surface area contributed by atoms with E-state index in [1.807, 2.05) is 31.2 Å². The molecule has 0 amide bonds. The zero-order valence-electron chi connectivity index (χ0n) is 12.3. The Morgan fingerprint density at radius 3 is 2.70 bits per heavy atom. The Labute approximate surface area is 143 Å². The molecule has 7 heteroatoms. The number of nitrogens with zero attached hydrogens (tertiary/aromatic N) is 2. The van der Waals surface area contributed by atoms with Gasteiger partial charge in [-0.3, -0.25) is 0 Å². The van der Waals surface area contributed by atoms with Crippen LogP contribution in [-0.4, -0.2) is 9.97 Å². The first-order chi connectivity index (χ1) is 11.1. The smallest absolute Gasteiger partial charge is 0.136 e. The number of hydrogen-bond acceptors (Lipinski definition) is 5. The van der Waals surface area contributed by atoms with Crippen molar-refractivity contribution in [3.8, 4) is 0 Å². The number of anilines is 3. The largest absolute Gasteiger partial charge is 0.467 e. The molecule has 1 aromatic carbocycles. The molecule has 0 saturated carbocycles. The lowest BCUT2D eigenvalue weighted by molar-refractivity contribution is 0.518. The van der Waals surface area contributed by atoms with Crippen molar-refractivity contribution in [3.63, 3.8) is 0 Å². The summed E-state index contributed by atoms with van der Waals surface area (Å²) >= 11 is 12.2. The summed E-state index contributed by atoms with van der Waals surface area (Å²) in [5.41, 5.74) is 0.689. The number of furan rings is 1. The minimum Gasteiger partial charge on any atom is -0.467 e. The standard InChI is InChI=1S/C16H14Cl2N4O/c1-10-20-14(19-9-11-4-3-7-23-11)8-15(21-10)22-13-6-2-5-12(17)16(13)18/h2-8H,9H2,1H3,(H2,19,20,21,22). The molecule has 23 heavy (non-hydrogen) atoms. The molecule has 2 N–H and O–H groups in total. The van der Waals surface area contributed by atoms with Crippen molar-refractivity contribution >= 4 is 40.5 Å². The van der Waals surface area contributed by atoms with E-state index in [4.69, 9.17) is 27.6 Å². The van der Waals surface area contributed by atoms with Gasteiger partial charge in [0, 0.05) is 6.07 Å². The Balaban J connectivity index is 1.78. The highest BCUT2D eigenvalue weighted by atomic mass is 35.5. The van der Waals surface area contributed by atoms with Crippen molar-refractivity contribution < 1.29 is 4.42 Å². The van der Waals surface area contributed by atoms with Gasteiger partial charge in [-0.15, -0.1) is 0 Å². The topological polar surface area (TPSA) is 63.0 Å². The second kappa shape index (κ2) is 6.89. The minimum absolute atomic E-state index is 0.454. The molecule has 0 aliphatic heterocycles. The fourth-order valence-electron chi connectivity index (χ4n) is 2.05. The quantitative estimate of drug-likeness (QED) is 0.676. The molecular weight excluding hydrogens is 335 g/mol. The molecule has 0 radical (unpaired) electrons. The molecule has 118 valence electrons. The third-order valence-corrected chi connectivity index (χ3v) is 3.90. The lowest BCUT2D eigenvalue weighted by Gasteiger charge is -2.11. The van der Waals surface area contributed by atoms with Crippen LogP contribution in [0.25, 0.3) is 0 Å². The van der Waals surface area contributed by atoms with Gasteiger partial charge < -0.3 is 15.1 Å². The van der Waals surface area contributed by atoms with E-state index in [0.717, 1.165) is 5.76 Å². The first-order valence-electron chi connectivity index (χ1n) is 6.95. The van der Waals surface area contributed by atoms with Gasteiger partial charge in [0.1, 0.15) is 23.2 Å². The Hall–Kier alpha value is -2.24. The summed E-state index contributed by atoms with van der Waals surface area (Å²) in [4.78, 5) is 8.71. The van der Waals surface area contributed by atoms with E-state index in [1.54, 1.807) is 18.4 Å². The molecule has 0 fully saturated rings. The van der Waals surface area contributed by atoms with Crippen molar-refractivity contribution in [2.45, 2.75) is 13.5 Å². The van der Waals surface area contributed by atoms with Crippen LogP contribution in [0.5, 0.6) is 0 Å². The average molecular weight is 349 g/mol. The second-order valence-corrected chi connectivity index (χ2v) is 5.63. The van der Waals surface area contributed by atoms with Crippen LogP contribution in [0.1, 0.15) is 11.6 Å². The van der Waals surface area contributed by atoms with E-state index in [1.165, 1.54) is 0 Å². The van der Waals surface area contributed by atoms with Gasteiger partial charge in [0.15, 0.2) is 0 Å². The van der Waals surface area contributed by atoms with Gasteiger partial charge >= 0.3 is 0 Å². The third kappa shape index (κ3) is 3.94. The number of rotatable bonds is 5. The van der Waals surface area contributed by atoms with E-state index in [2.05, 4.69) is 20.6 Å². The molecule has 3 aromatic rings. The predicted molar refractivity (Wildman–Crippen MR) is 92.5 cm³/mol. The summed E-state index contributed by atoms with van der Waals surface area (Å²) in [7, 11) is 0. The maximum atomic E-state index is 6.19. The molecule has 0 unspecified atom stereocenters. The van der Waals surface area contributed by atoms with Crippen molar-refractivity contribution in [1.82, 2.24) is 9.97 Å². The fourth-order valence-corrected chi connectivity index (χ4v) is 2.40. The van der Waals surface area contributed by atoms with Crippen LogP contribution in [0.4, 0.5) is 17.3 Å². The average Bonchev–Trinajstić information content (AvgIpc) is 3.03. The summed E-state index contributed by atoms with van der Waals surface area (Å²) in [6, 6.07) is 10.9. The van der Waals surface area contributed by atoms with Gasteiger partial charge in [-0.1, -0.05) is 29.3 Å². The molecule has 2 heterocycles. The lowest BCUT2D eigenvalue weighted by atomic mass is 10.3. The summed E-state index contributed by atoms with van der Waals surface area (Å²) in [6.45, 7) is 2.36. The van der Waals surface area contributed by atoms with Crippen LogP contribution >= 0.6 is 23.2 Å². The van der Waals surface area contributed by atoms with Crippen LogP contribution in [0, 0.1) is 6.92 Å². The van der Waals surface area contributed by atoms with Crippen molar-refractivity contribution in [1.29, 1.82) is 0 Å². The number of halogens is 2. The summed E-state index contributed by atoms with van der Waals surface area (Å²) in [5.74, 6) is 2.78. The number of hydrogen-bond donors (Lipinski definition) is 2. The monoisotopic (exact) mass is 348 g/mol. The molecule has 2 aromatic heterocycles. The Bertz CT molecular complexity index is 806. The summed E-state index contributed by atoms with van der Waals surface area (Å²) < 4.78 is 5.29. The van der Waals surface area contributed by atoms with Crippen LogP contribution in [0.2, 0.25) is 10.0 Å². The van der Waals surface area contributed by atoms with Crippen LogP contribution in [-0.2, 0) is 6.54 Å². The predicted octanol–water partition coefficient (Wildman–Crippen LogP) is 5.04. The minimum atomic E-state index is 0.454. The van der Waals surface area contributed by atoms with Gasteiger partial charge in [-0.2, -0.15) is 0 Å². The van der Waals surface area contributed by atoms with Crippen molar-refractivity contribution in [2.75, 3.05) is 10.6 Å². The highest BCUT2D eigenvalue weighted by Crippen LogP contribution is 2.31. The molecule has 5 nitrogen and oxygen atoms in total. The molecule has 0 saturated heterocycles. The number of nitrogens with one attached hydrogen (secondary N) is 2. The SMILES string of the molecule is Cc1nc(NCc2ccco2)cc(Nc2cccc(Cl)c2Cl)n1. The zero-order chi connectivity index (χ0) is 16.2. The van der Waals surface area contributed by atoms with Crippen LogP contribution in [0.3, 0.4) is 0 Å². The van der Waals surface area contributed by atoms with Gasteiger partial charge in [0.25, 0.3) is 0 Å². The first kappa shape index (κ1) is 15.6. The van der Waals surface area contributed by atoms with Crippen molar-refractivity contribution in [2.24, 2.45) is 0 Å². The molecular formula is C16H14Cl2N4O. The molecule has 0 aliphatic rings. The number of aryl methyl sites for hydroxylation is 1. The van der Waals surface area contributed by atoms with Crippen LogP contribution < -0.4 is 10.6 Å². The zero-order valence-corrected chi connectivity index (χ0v) is 13.8. The van der Waals surface area contributed by atoms with E-state index in [-0.39, 0.29) is 0 Å². The molecule has 0 aliphatic carbocycles. The highest BCUT2D eigenvalue weighted by molar-refractivity contribution is 6.43. The molecule has 0 atom stereocenters. The summed E-state index contributed by atoms with van der Waals surface area (Å²) in [6.07, 6.45) is 1.64. The maximum absolute atomic E-state index is 6.19. The van der Waals surface area contributed by atoms with Gasteiger partial charge in [-0.25, -0.2) is 9.97 Å². The van der Waals surface area contributed by atoms with Gasteiger partial charge in [-0.05, 0) is 31.2 Å². The molecule has 0 spiro atoms. The first-order valence-corrected chi connectivity index (χ1v) is 7.70. The fraction of sp³-hybridized carbons (Fsp3) is 0.125.